The van der Waals surface area contributed by atoms with Gasteiger partial charge in [0.05, 0.1) is 11.3 Å². The molecule has 0 saturated heterocycles. The minimum Gasteiger partial charge on any atom is -0.352 e. The third-order valence-corrected chi connectivity index (χ3v) is 1.99. The van der Waals surface area contributed by atoms with Gasteiger partial charge >= 0.3 is 0 Å². The average Bonchev–Trinajstić information content (AvgIpc) is 2.67. The second kappa shape index (κ2) is 3.44. The van der Waals surface area contributed by atoms with Crippen LogP contribution in [0.15, 0.2) is 34.9 Å². The topological polar surface area (TPSA) is 26.0 Å². The van der Waals surface area contributed by atoms with Gasteiger partial charge in [-0.2, -0.15) is 0 Å². The Bertz CT molecular complexity index is 378. The maximum atomic E-state index is 4.82. The van der Waals surface area contributed by atoms with E-state index < -0.39 is 0 Å². The summed E-state index contributed by atoms with van der Waals surface area (Å²) in [4.78, 5) is 0. The molecule has 1 radical (unpaired) electrons. The molecule has 1 aromatic carbocycles. The van der Waals surface area contributed by atoms with Crippen molar-refractivity contribution < 1.29 is 4.52 Å². The van der Waals surface area contributed by atoms with Crippen molar-refractivity contribution in [3.8, 4) is 11.1 Å². The highest BCUT2D eigenvalue weighted by Crippen LogP contribution is 2.21. The van der Waals surface area contributed by atoms with E-state index in [0.717, 1.165) is 23.2 Å². The van der Waals surface area contributed by atoms with Crippen molar-refractivity contribution in [2.24, 2.45) is 0 Å². The van der Waals surface area contributed by atoms with Crippen molar-refractivity contribution >= 4 is 0 Å². The number of nitrogens with zero attached hydrogens (tertiary/aromatic N) is 1. The van der Waals surface area contributed by atoms with Gasteiger partial charge in [0.2, 0.25) is 6.26 Å². The molecule has 0 aliphatic heterocycles. The molecule has 2 heteroatoms. The van der Waals surface area contributed by atoms with Gasteiger partial charge in [0, 0.05) is 0 Å². The smallest absolute Gasteiger partial charge is 0.213 e. The lowest BCUT2D eigenvalue weighted by Gasteiger charge is -1.96. The van der Waals surface area contributed by atoms with Crippen molar-refractivity contribution in [3.05, 3.63) is 42.3 Å². The van der Waals surface area contributed by atoms with Crippen molar-refractivity contribution in [1.82, 2.24) is 5.16 Å². The summed E-state index contributed by atoms with van der Waals surface area (Å²) in [7, 11) is 0. The van der Waals surface area contributed by atoms with E-state index in [2.05, 4.69) is 18.3 Å². The lowest BCUT2D eigenvalue weighted by atomic mass is 10.1. The summed E-state index contributed by atoms with van der Waals surface area (Å²) < 4.78 is 4.82. The van der Waals surface area contributed by atoms with Crippen LogP contribution < -0.4 is 0 Å². The van der Waals surface area contributed by atoms with Crippen LogP contribution in [0.1, 0.15) is 12.6 Å². The summed E-state index contributed by atoms with van der Waals surface area (Å²) in [6.45, 7) is 2.05. The van der Waals surface area contributed by atoms with Gasteiger partial charge in [-0.25, -0.2) is 0 Å². The lowest BCUT2D eigenvalue weighted by Crippen LogP contribution is -1.83. The fourth-order valence-electron chi connectivity index (χ4n) is 1.30. The highest BCUT2D eigenvalue weighted by molar-refractivity contribution is 5.63. The van der Waals surface area contributed by atoms with Crippen LogP contribution in [0, 0.1) is 6.26 Å². The van der Waals surface area contributed by atoms with Crippen LogP contribution in [-0.2, 0) is 6.42 Å². The number of hydrogen-bond donors (Lipinski definition) is 0. The largest absolute Gasteiger partial charge is 0.352 e. The van der Waals surface area contributed by atoms with E-state index in [4.69, 9.17) is 4.52 Å². The summed E-state index contributed by atoms with van der Waals surface area (Å²) in [5, 5.41) is 3.88. The molecule has 0 atom stereocenters. The van der Waals surface area contributed by atoms with Gasteiger partial charge in [0.1, 0.15) is 0 Å². The molecule has 2 aromatic rings. The minimum atomic E-state index is 0.872. The van der Waals surface area contributed by atoms with Gasteiger partial charge in [-0.3, -0.25) is 0 Å². The molecule has 0 saturated carbocycles. The zero-order chi connectivity index (χ0) is 9.10. The Labute approximate surface area is 77.2 Å². The van der Waals surface area contributed by atoms with Crippen molar-refractivity contribution in [1.29, 1.82) is 0 Å². The monoisotopic (exact) mass is 172 g/mol. The molecule has 0 unspecified atom stereocenters. The Kier molecular flexibility index (Phi) is 2.13. The Hall–Kier alpha value is -1.57. The van der Waals surface area contributed by atoms with Gasteiger partial charge in [0.15, 0.2) is 0 Å². The zero-order valence-corrected chi connectivity index (χ0v) is 7.45. The normalized spacial score (nSPS) is 10.2. The number of aryl methyl sites for hydroxylation is 1. The van der Waals surface area contributed by atoms with Crippen LogP contribution in [0.25, 0.3) is 11.1 Å². The lowest BCUT2D eigenvalue weighted by molar-refractivity contribution is 0.406. The molecule has 0 amide bonds. The first-order chi connectivity index (χ1) is 6.42. The van der Waals surface area contributed by atoms with Gasteiger partial charge in [-0.1, -0.05) is 42.4 Å². The van der Waals surface area contributed by atoms with Gasteiger partial charge in [-0.05, 0) is 12.0 Å². The van der Waals surface area contributed by atoms with Crippen molar-refractivity contribution in [2.45, 2.75) is 13.3 Å². The average molecular weight is 172 g/mol. The fourth-order valence-corrected chi connectivity index (χ4v) is 1.30. The van der Waals surface area contributed by atoms with E-state index in [9.17, 15) is 0 Å². The number of benzene rings is 1. The van der Waals surface area contributed by atoms with E-state index in [1.54, 1.807) is 0 Å². The van der Waals surface area contributed by atoms with E-state index >= 15 is 0 Å². The molecule has 65 valence electrons. The Morgan fingerprint density at radius 1 is 1.31 bits per heavy atom. The molecule has 0 aliphatic carbocycles. The van der Waals surface area contributed by atoms with E-state index in [1.807, 2.05) is 30.3 Å². The maximum absolute atomic E-state index is 4.82. The molecular weight excluding hydrogens is 162 g/mol. The third-order valence-electron chi connectivity index (χ3n) is 1.99. The van der Waals surface area contributed by atoms with Crippen LogP contribution in [-0.4, -0.2) is 5.16 Å². The van der Waals surface area contributed by atoms with Gasteiger partial charge < -0.3 is 4.52 Å². The predicted octanol–water partition coefficient (Wildman–Crippen LogP) is 2.70. The molecule has 2 nitrogen and oxygen atoms in total. The molecule has 1 aromatic heterocycles. The fraction of sp³-hybridized carbons (Fsp3) is 0.182. The Morgan fingerprint density at radius 2 is 2.08 bits per heavy atom. The molecular formula is C11H10NO. The van der Waals surface area contributed by atoms with Crippen LogP contribution in [0.3, 0.4) is 0 Å². The molecule has 0 N–H and O–H groups in total. The van der Waals surface area contributed by atoms with E-state index in [-0.39, 0.29) is 0 Å². The first-order valence-corrected chi connectivity index (χ1v) is 4.33. The van der Waals surface area contributed by atoms with Crippen LogP contribution in [0.5, 0.6) is 0 Å². The second-order valence-corrected chi connectivity index (χ2v) is 2.83. The summed E-state index contributed by atoms with van der Waals surface area (Å²) in [5.74, 6) is 0. The number of rotatable bonds is 2. The summed E-state index contributed by atoms with van der Waals surface area (Å²) in [6.07, 6.45) is 3.66. The zero-order valence-electron chi connectivity index (χ0n) is 7.45. The number of hydrogen-bond acceptors (Lipinski definition) is 2. The van der Waals surface area contributed by atoms with E-state index in [1.165, 1.54) is 0 Å². The molecule has 0 aliphatic rings. The van der Waals surface area contributed by atoms with Crippen molar-refractivity contribution in [2.75, 3.05) is 0 Å². The summed E-state index contributed by atoms with van der Waals surface area (Å²) in [5.41, 5.74) is 3.05. The number of aromatic nitrogens is 1. The van der Waals surface area contributed by atoms with Crippen LogP contribution in [0.4, 0.5) is 0 Å². The van der Waals surface area contributed by atoms with Crippen molar-refractivity contribution in [3.63, 3.8) is 0 Å². The van der Waals surface area contributed by atoms with Crippen LogP contribution >= 0.6 is 0 Å². The van der Waals surface area contributed by atoms with Gasteiger partial charge in [-0.15, -0.1) is 0 Å². The molecule has 1 heterocycles. The predicted molar refractivity (Wildman–Crippen MR) is 50.2 cm³/mol. The molecule has 2 rings (SSSR count). The molecule has 0 bridgehead atoms. The van der Waals surface area contributed by atoms with E-state index in [0.29, 0.717) is 0 Å². The molecule has 0 fully saturated rings. The first-order valence-electron chi connectivity index (χ1n) is 4.33. The standard InChI is InChI=1S/C11H10NO/c1-2-11-10(8-13-12-11)9-6-4-3-5-7-9/h3-7H,2H2,1H3. The second-order valence-electron chi connectivity index (χ2n) is 2.83. The molecule has 0 spiro atoms. The first kappa shape index (κ1) is 8.05. The highest BCUT2D eigenvalue weighted by Gasteiger charge is 2.07. The van der Waals surface area contributed by atoms with Gasteiger partial charge in [0.25, 0.3) is 0 Å². The molecule has 13 heavy (non-hydrogen) atoms. The maximum Gasteiger partial charge on any atom is 0.213 e. The minimum absolute atomic E-state index is 0.872. The highest BCUT2D eigenvalue weighted by atomic mass is 16.5. The quantitative estimate of drug-likeness (QED) is 0.696. The van der Waals surface area contributed by atoms with Crippen LogP contribution in [0.2, 0.25) is 0 Å². The third kappa shape index (κ3) is 1.47. The Morgan fingerprint density at radius 3 is 2.77 bits per heavy atom. The Balaban J connectivity index is 2.47. The SMILES string of the molecule is CCc1no[c]c1-c1ccccc1. The summed E-state index contributed by atoms with van der Waals surface area (Å²) >= 11 is 0. The summed E-state index contributed by atoms with van der Waals surface area (Å²) in [6, 6.07) is 10.0.